The quantitative estimate of drug-likeness (QED) is 0.341. The van der Waals surface area contributed by atoms with E-state index in [1.807, 2.05) is 22.9 Å². The normalized spacial score (nSPS) is 10.6. The second-order valence-corrected chi connectivity index (χ2v) is 3.94. The second kappa shape index (κ2) is 4.82. The van der Waals surface area contributed by atoms with Crippen molar-refractivity contribution in [2.75, 3.05) is 0 Å². The summed E-state index contributed by atoms with van der Waals surface area (Å²) in [6.45, 7) is 4.54. The van der Waals surface area contributed by atoms with E-state index in [4.69, 9.17) is 0 Å². The monoisotopic (exact) mass is 230 g/mol. The third kappa shape index (κ3) is 2.36. The van der Waals surface area contributed by atoms with Crippen molar-refractivity contribution in [2.45, 2.75) is 19.4 Å². The molecule has 4 heteroatoms. The predicted molar refractivity (Wildman–Crippen MR) is 68.0 cm³/mol. The molecule has 0 atom stereocenters. The third-order valence-electron chi connectivity index (χ3n) is 2.78. The average Bonchev–Trinajstić information content (AvgIpc) is 2.72. The number of aromatic nitrogens is 1. The molecule has 0 N–H and O–H groups in total. The van der Waals surface area contributed by atoms with E-state index in [-0.39, 0.29) is 10.6 Å². The van der Waals surface area contributed by atoms with E-state index in [1.165, 1.54) is 6.07 Å². The highest BCUT2D eigenvalue weighted by molar-refractivity contribution is 5.82. The van der Waals surface area contributed by atoms with Gasteiger partial charge in [0.1, 0.15) is 0 Å². The molecule has 0 fully saturated rings. The molecule has 0 aliphatic rings. The number of fused-ring (bicyclic) bond motifs is 1. The van der Waals surface area contributed by atoms with Gasteiger partial charge in [-0.2, -0.15) is 0 Å². The Balaban J connectivity index is 2.32. The second-order valence-electron chi connectivity index (χ2n) is 3.94. The Morgan fingerprint density at radius 3 is 2.94 bits per heavy atom. The van der Waals surface area contributed by atoms with Crippen LogP contribution in [0.2, 0.25) is 0 Å². The minimum absolute atomic E-state index is 0.140. The highest BCUT2D eigenvalue weighted by Crippen LogP contribution is 2.22. The SMILES string of the molecule is C=CCCCn1ccc2ccc([N+](=O)[O-])cc21. The van der Waals surface area contributed by atoms with Gasteiger partial charge in [0.25, 0.3) is 5.69 Å². The number of benzene rings is 1. The number of nitrogens with zero attached hydrogens (tertiary/aromatic N) is 2. The van der Waals surface area contributed by atoms with E-state index < -0.39 is 0 Å². The Hall–Kier alpha value is -2.10. The number of hydrogen-bond acceptors (Lipinski definition) is 2. The lowest BCUT2D eigenvalue weighted by Gasteiger charge is -2.03. The first-order valence-electron chi connectivity index (χ1n) is 5.56. The number of hydrogen-bond donors (Lipinski definition) is 0. The summed E-state index contributed by atoms with van der Waals surface area (Å²) in [5, 5.41) is 11.8. The van der Waals surface area contributed by atoms with Crippen molar-refractivity contribution < 1.29 is 4.92 Å². The van der Waals surface area contributed by atoms with Crippen molar-refractivity contribution in [2.24, 2.45) is 0 Å². The van der Waals surface area contributed by atoms with E-state index in [0.717, 1.165) is 30.3 Å². The van der Waals surface area contributed by atoms with E-state index in [9.17, 15) is 10.1 Å². The summed E-state index contributed by atoms with van der Waals surface area (Å²) >= 11 is 0. The van der Waals surface area contributed by atoms with Crippen LogP contribution in [0.25, 0.3) is 10.9 Å². The van der Waals surface area contributed by atoms with E-state index in [1.54, 1.807) is 12.1 Å². The Kier molecular flexibility index (Phi) is 3.23. The van der Waals surface area contributed by atoms with E-state index >= 15 is 0 Å². The van der Waals surface area contributed by atoms with Gasteiger partial charge in [-0.3, -0.25) is 10.1 Å². The summed E-state index contributed by atoms with van der Waals surface area (Å²) in [6, 6.07) is 6.93. The molecule has 88 valence electrons. The fourth-order valence-electron chi connectivity index (χ4n) is 1.89. The standard InChI is InChI=1S/C13H14N2O2/c1-2-3-4-8-14-9-7-11-5-6-12(15(16)17)10-13(11)14/h2,5-7,9-10H,1,3-4,8H2. The summed E-state index contributed by atoms with van der Waals surface area (Å²) in [6.07, 6.45) is 5.80. The van der Waals surface area contributed by atoms with Crippen molar-refractivity contribution in [3.8, 4) is 0 Å². The summed E-state index contributed by atoms with van der Waals surface area (Å²) in [5.74, 6) is 0. The van der Waals surface area contributed by atoms with Crippen LogP contribution in [-0.2, 0) is 6.54 Å². The highest BCUT2D eigenvalue weighted by atomic mass is 16.6. The molecular weight excluding hydrogens is 216 g/mol. The maximum absolute atomic E-state index is 10.7. The molecule has 2 aromatic rings. The van der Waals surface area contributed by atoms with Crippen molar-refractivity contribution >= 4 is 16.6 Å². The molecule has 0 unspecified atom stereocenters. The average molecular weight is 230 g/mol. The van der Waals surface area contributed by atoms with Crippen molar-refractivity contribution in [1.29, 1.82) is 0 Å². The Morgan fingerprint density at radius 1 is 1.41 bits per heavy atom. The zero-order chi connectivity index (χ0) is 12.3. The van der Waals surface area contributed by atoms with Crippen LogP contribution in [0.1, 0.15) is 12.8 Å². The Bertz CT molecular complexity index is 558. The summed E-state index contributed by atoms with van der Waals surface area (Å²) in [4.78, 5) is 10.4. The first kappa shape index (κ1) is 11.4. The van der Waals surface area contributed by atoms with Gasteiger partial charge in [-0.1, -0.05) is 6.08 Å². The number of nitro benzene ring substituents is 1. The number of rotatable bonds is 5. The lowest BCUT2D eigenvalue weighted by Crippen LogP contribution is -1.96. The fraction of sp³-hybridized carbons (Fsp3) is 0.231. The molecule has 2 rings (SSSR count). The van der Waals surface area contributed by atoms with Gasteiger partial charge in [0, 0.05) is 30.3 Å². The molecule has 4 nitrogen and oxygen atoms in total. The van der Waals surface area contributed by atoms with Gasteiger partial charge in [0.15, 0.2) is 0 Å². The van der Waals surface area contributed by atoms with Gasteiger partial charge in [-0.05, 0) is 25.0 Å². The molecule has 1 heterocycles. The first-order valence-corrected chi connectivity index (χ1v) is 5.56. The molecule has 1 aromatic heterocycles. The van der Waals surface area contributed by atoms with Crippen LogP contribution in [-0.4, -0.2) is 9.49 Å². The Morgan fingerprint density at radius 2 is 2.24 bits per heavy atom. The zero-order valence-electron chi connectivity index (χ0n) is 9.50. The molecular formula is C13H14N2O2. The largest absolute Gasteiger partial charge is 0.347 e. The van der Waals surface area contributed by atoms with Crippen LogP contribution in [0, 0.1) is 10.1 Å². The van der Waals surface area contributed by atoms with Crippen LogP contribution in [0.3, 0.4) is 0 Å². The number of non-ortho nitro benzene ring substituents is 1. The minimum atomic E-state index is -0.361. The molecule has 0 saturated heterocycles. The molecule has 0 spiro atoms. The predicted octanol–water partition coefficient (Wildman–Crippen LogP) is 3.52. The van der Waals surface area contributed by atoms with E-state index in [2.05, 4.69) is 6.58 Å². The van der Waals surface area contributed by atoms with Crippen LogP contribution >= 0.6 is 0 Å². The topological polar surface area (TPSA) is 48.1 Å². The number of unbranched alkanes of at least 4 members (excludes halogenated alkanes) is 1. The van der Waals surface area contributed by atoms with Gasteiger partial charge in [0.05, 0.1) is 10.4 Å². The van der Waals surface area contributed by atoms with Gasteiger partial charge < -0.3 is 4.57 Å². The van der Waals surface area contributed by atoms with Gasteiger partial charge >= 0.3 is 0 Å². The highest BCUT2D eigenvalue weighted by Gasteiger charge is 2.08. The zero-order valence-corrected chi connectivity index (χ0v) is 9.50. The van der Waals surface area contributed by atoms with Crippen LogP contribution in [0.15, 0.2) is 43.1 Å². The van der Waals surface area contributed by atoms with Crippen molar-refractivity contribution in [1.82, 2.24) is 4.57 Å². The maximum atomic E-state index is 10.7. The summed E-state index contributed by atoms with van der Waals surface area (Å²) < 4.78 is 2.05. The van der Waals surface area contributed by atoms with E-state index in [0.29, 0.717) is 0 Å². The summed E-state index contributed by atoms with van der Waals surface area (Å²) in [5.41, 5.74) is 1.06. The minimum Gasteiger partial charge on any atom is -0.347 e. The van der Waals surface area contributed by atoms with Crippen molar-refractivity contribution in [3.05, 3.63) is 53.2 Å². The maximum Gasteiger partial charge on any atom is 0.271 e. The molecule has 0 bridgehead atoms. The van der Waals surface area contributed by atoms with Gasteiger partial charge in [0.2, 0.25) is 0 Å². The smallest absolute Gasteiger partial charge is 0.271 e. The lowest BCUT2D eigenvalue weighted by atomic mass is 10.2. The molecule has 0 saturated carbocycles. The lowest BCUT2D eigenvalue weighted by molar-refractivity contribution is -0.384. The fourth-order valence-corrected chi connectivity index (χ4v) is 1.89. The van der Waals surface area contributed by atoms with Crippen LogP contribution in [0.5, 0.6) is 0 Å². The van der Waals surface area contributed by atoms with Crippen LogP contribution < -0.4 is 0 Å². The van der Waals surface area contributed by atoms with Crippen molar-refractivity contribution in [3.63, 3.8) is 0 Å². The molecule has 0 radical (unpaired) electrons. The summed E-state index contributed by atoms with van der Waals surface area (Å²) in [7, 11) is 0. The molecule has 17 heavy (non-hydrogen) atoms. The molecule has 0 aliphatic heterocycles. The Labute approximate surface area is 99.3 Å². The number of aryl methyl sites for hydroxylation is 1. The number of nitro groups is 1. The molecule has 0 aliphatic carbocycles. The first-order chi connectivity index (χ1) is 8.22. The molecule has 0 amide bonds. The molecule has 1 aromatic carbocycles. The van der Waals surface area contributed by atoms with Gasteiger partial charge in [-0.15, -0.1) is 6.58 Å². The van der Waals surface area contributed by atoms with Crippen LogP contribution in [0.4, 0.5) is 5.69 Å². The third-order valence-corrected chi connectivity index (χ3v) is 2.78. The number of allylic oxidation sites excluding steroid dienone is 1. The van der Waals surface area contributed by atoms with Gasteiger partial charge in [-0.25, -0.2) is 0 Å².